The Balaban J connectivity index is 2.76. The van der Waals surface area contributed by atoms with Crippen LogP contribution in [0.3, 0.4) is 0 Å². The van der Waals surface area contributed by atoms with E-state index in [4.69, 9.17) is 5.73 Å². The standard InChI is InChI=1S/C14H24N2O/c1-4-14(5-2,10-15)11-16(3)12-6-8-13(17)9-7-12/h6-9,17H,4-5,10-11,15H2,1-3H3. The van der Waals surface area contributed by atoms with Crippen LogP contribution in [-0.2, 0) is 0 Å². The van der Waals surface area contributed by atoms with Crippen molar-refractivity contribution in [1.29, 1.82) is 0 Å². The normalized spacial score (nSPS) is 11.5. The lowest BCUT2D eigenvalue weighted by molar-refractivity contribution is 0.281. The van der Waals surface area contributed by atoms with E-state index in [1.54, 1.807) is 12.1 Å². The average Bonchev–Trinajstić information content (AvgIpc) is 2.37. The topological polar surface area (TPSA) is 49.5 Å². The van der Waals surface area contributed by atoms with Crippen LogP contribution >= 0.6 is 0 Å². The largest absolute Gasteiger partial charge is 0.508 e. The number of rotatable bonds is 6. The third kappa shape index (κ3) is 3.37. The fraction of sp³-hybridized carbons (Fsp3) is 0.571. The Labute approximate surface area is 104 Å². The van der Waals surface area contributed by atoms with E-state index in [2.05, 4.69) is 25.8 Å². The average molecular weight is 236 g/mol. The molecule has 0 radical (unpaired) electrons. The van der Waals surface area contributed by atoms with Gasteiger partial charge in [0.05, 0.1) is 0 Å². The van der Waals surface area contributed by atoms with E-state index in [9.17, 15) is 5.11 Å². The van der Waals surface area contributed by atoms with Crippen molar-refractivity contribution in [2.45, 2.75) is 26.7 Å². The monoisotopic (exact) mass is 236 g/mol. The quantitative estimate of drug-likeness (QED) is 0.798. The summed E-state index contributed by atoms with van der Waals surface area (Å²) in [6, 6.07) is 7.30. The molecule has 0 aliphatic heterocycles. The van der Waals surface area contributed by atoms with Crippen LogP contribution in [-0.4, -0.2) is 25.2 Å². The van der Waals surface area contributed by atoms with Crippen molar-refractivity contribution in [1.82, 2.24) is 0 Å². The van der Waals surface area contributed by atoms with Crippen molar-refractivity contribution in [2.24, 2.45) is 11.1 Å². The maximum atomic E-state index is 9.27. The predicted molar refractivity (Wildman–Crippen MR) is 73.4 cm³/mol. The molecule has 0 amide bonds. The zero-order valence-corrected chi connectivity index (χ0v) is 11.1. The molecule has 0 spiro atoms. The molecule has 3 heteroatoms. The van der Waals surface area contributed by atoms with Gasteiger partial charge in [-0.15, -0.1) is 0 Å². The first-order valence-corrected chi connectivity index (χ1v) is 6.27. The zero-order valence-electron chi connectivity index (χ0n) is 11.1. The molecular formula is C14H24N2O. The Morgan fingerprint density at radius 2 is 1.71 bits per heavy atom. The first-order chi connectivity index (χ1) is 8.06. The lowest BCUT2D eigenvalue weighted by Crippen LogP contribution is -2.40. The van der Waals surface area contributed by atoms with Gasteiger partial charge in [0, 0.05) is 19.3 Å². The molecule has 0 saturated carbocycles. The predicted octanol–water partition coefficient (Wildman–Crippen LogP) is 2.59. The summed E-state index contributed by atoms with van der Waals surface area (Å²) < 4.78 is 0. The van der Waals surface area contributed by atoms with Crippen LogP contribution in [0.1, 0.15) is 26.7 Å². The maximum absolute atomic E-state index is 9.27. The van der Waals surface area contributed by atoms with Gasteiger partial charge in [0.15, 0.2) is 0 Å². The Kier molecular flexibility index (Phi) is 4.82. The molecular weight excluding hydrogens is 212 g/mol. The molecule has 17 heavy (non-hydrogen) atoms. The van der Waals surface area contributed by atoms with Gasteiger partial charge in [-0.25, -0.2) is 0 Å². The molecule has 0 saturated heterocycles. The number of phenols is 1. The molecule has 1 aromatic carbocycles. The van der Waals surface area contributed by atoms with Gasteiger partial charge >= 0.3 is 0 Å². The Morgan fingerprint density at radius 3 is 2.12 bits per heavy atom. The van der Waals surface area contributed by atoms with Gasteiger partial charge < -0.3 is 15.7 Å². The van der Waals surface area contributed by atoms with Gasteiger partial charge in [-0.05, 0) is 49.1 Å². The first kappa shape index (κ1) is 13.8. The SMILES string of the molecule is CCC(CC)(CN)CN(C)c1ccc(O)cc1. The summed E-state index contributed by atoms with van der Waals surface area (Å²) in [4.78, 5) is 2.21. The number of nitrogens with zero attached hydrogens (tertiary/aromatic N) is 1. The smallest absolute Gasteiger partial charge is 0.115 e. The number of phenolic OH excluding ortho intramolecular Hbond substituents is 1. The first-order valence-electron chi connectivity index (χ1n) is 6.27. The van der Waals surface area contributed by atoms with Crippen molar-refractivity contribution >= 4 is 5.69 Å². The van der Waals surface area contributed by atoms with E-state index in [0.29, 0.717) is 12.3 Å². The fourth-order valence-electron chi connectivity index (χ4n) is 2.13. The fourth-order valence-corrected chi connectivity index (χ4v) is 2.13. The minimum atomic E-state index is 0.187. The summed E-state index contributed by atoms with van der Waals surface area (Å²) in [7, 11) is 2.07. The van der Waals surface area contributed by atoms with Crippen molar-refractivity contribution in [2.75, 3.05) is 25.0 Å². The molecule has 96 valence electrons. The highest BCUT2D eigenvalue weighted by Crippen LogP contribution is 2.28. The highest BCUT2D eigenvalue weighted by Gasteiger charge is 2.26. The van der Waals surface area contributed by atoms with Crippen molar-refractivity contribution in [3.63, 3.8) is 0 Å². The Hall–Kier alpha value is -1.22. The number of nitrogens with two attached hydrogens (primary N) is 1. The van der Waals surface area contributed by atoms with Crippen LogP contribution in [0.15, 0.2) is 24.3 Å². The highest BCUT2D eigenvalue weighted by atomic mass is 16.3. The van der Waals surface area contributed by atoms with Crippen LogP contribution in [0.5, 0.6) is 5.75 Å². The molecule has 0 unspecified atom stereocenters. The molecule has 1 aromatic rings. The summed E-state index contributed by atoms with van der Waals surface area (Å²) in [5, 5.41) is 9.27. The third-order valence-electron chi connectivity index (χ3n) is 3.80. The molecule has 0 heterocycles. The van der Waals surface area contributed by atoms with Gasteiger partial charge in [0.2, 0.25) is 0 Å². The van der Waals surface area contributed by atoms with Crippen molar-refractivity contribution in [3.05, 3.63) is 24.3 Å². The molecule has 3 N–H and O–H groups in total. The molecule has 0 atom stereocenters. The van der Waals surface area contributed by atoms with Crippen molar-refractivity contribution < 1.29 is 5.11 Å². The molecule has 0 aliphatic carbocycles. The van der Waals surface area contributed by atoms with Crippen LogP contribution in [0.25, 0.3) is 0 Å². The number of anilines is 1. The molecule has 1 rings (SSSR count). The van der Waals surface area contributed by atoms with Gasteiger partial charge in [0.25, 0.3) is 0 Å². The second kappa shape index (κ2) is 5.92. The second-order valence-electron chi connectivity index (χ2n) is 4.78. The lowest BCUT2D eigenvalue weighted by Gasteiger charge is -2.35. The van der Waals surface area contributed by atoms with Crippen LogP contribution < -0.4 is 10.6 Å². The van der Waals surface area contributed by atoms with E-state index in [1.165, 1.54) is 0 Å². The van der Waals surface area contributed by atoms with E-state index in [1.807, 2.05) is 12.1 Å². The minimum Gasteiger partial charge on any atom is -0.508 e. The van der Waals surface area contributed by atoms with Gasteiger partial charge in [-0.1, -0.05) is 13.8 Å². The van der Waals surface area contributed by atoms with Crippen LogP contribution in [0, 0.1) is 5.41 Å². The second-order valence-corrected chi connectivity index (χ2v) is 4.78. The lowest BCUT2D eigenvalue weighted by atomic mass is 9.82. The zero-order chi connectivity index (χ0) is 12.9. The van der Waals surface area contributed by atoms with Gasteiger partial charge in [0.1, 0.15) is 5.75 Å². The molecule has 3 nitrogen and oxygen atoms in total. The summed E-state index contributed by atoms with van der Waals surface area (Å²) in [5.74, 6) is 0.304. The number of aromatic hydroxyl groups is 1. The molecule has 0 fully saturated rings. The summed E-state index contributed by atoms with van der Waals surface area (Å²) >= 11 is 0. The summed E-state index contributed by atoms with van der Waals surface area (Å²) in [6.45, 7) is 6.05. The Bertz CT molecular complexity index is 322. The Morgan fingerprint density at radius 1 is 1.18 bits per heavy atom. The number of hydrogen-bond acceptors (Lipinski definition) is 3. The highest BCUT2D eigenvalue weighted by molar-refractivity contribution is 5.48. The van der Waals surface area contributed by atoms with Crippen LogP contribution in [0.2, 0.25) is 0 Å². The van der Waals surface area contributed by atoms with E-state index in [-0.39, 0.29) is 5.41 Å². The van der Waals surface area contributed by atoms with E-state index >= 15 is 0 Å². The van der Waals surface area contributed by atoms with Gasteiger partial charge in [-0.3, -0.25) is 0 Å². The number of hydrogen-bond donors (Lipinski definition) is 2. The minimum absolute atomic E-state index is 0.187. The number of benzene rings is 1. The van der Waals surface area contributed by atoms with E-state index < -0.39 is 0 Å². The molecule has 0 aliphatic rings. The van der Waals surface area contributed by atoms with E-state index in [0.717, 1.165) is 25.1 Å². The molecule has 0 bridgehead atoms. The summed E-state index contributed by atoms with van der Waals surface area (Å²) in [5.41, 5.74) is 7.21. The summed E-state index contributed by atoms with van der Waals surface area (Å²) in [6.07, 6.45) is 2.17. The third-order valence-corrected chi connectivity index (χ3v) is 3.80. The maximum Gasteiger partial charge on any atom is 0.115 e. The van der Waals surface area contributed by atoms with Crippen LogP contribution in [0.4, 0.5) is 5.69 Å². The molecule has 0 aromatic heterocycles. The van der Waals surface area contributed by atoms with Gasteiger partial charge in [-0.2, -0.15) is 0 Å². The van der Waals surface area contributed by atoms with Crippen molar-refractivity contribution in [3.8, 4) is 5.75 Å².